The summed E-state index contributed by atoms with van der Waals surface area (Å²) in [5.41, 5.74) is 0. The predicted octanol–water partition coefficient (Wildman–Crippen LogP) is 2.50. The first kappa shape index (κ1) is 15.6. The molecule has 2 saturated heterocycles. The maximum atomic E-state index is 5.66. The predicted molar refractivity (Wildman–Crippen MR) is 84.1 cm³/mol. The van der Waals surface area contributed by atoms with Gasteiger partial charge in [0.1, 0.15) is 0 Å². The Morgan fingerprint density at radius 1 is 1.40 bits per heavy atom. The molecule has 2 aliphatic heterocycles. The maximum Gasteiger partial charge on any atom is 0.194 e. The van der Waals surface area contributed by atoms with Crippen molar-refractivity contribution < 1.29 is 4.74 Å². The molecule has 0 aliphatic carbocycles. The van der Waals surface area contributed by atoms with Gasteiger partial charge in [0, 0.05) is 26.2 Å². The van der Waals surface area contributed by atoms with Crippen LogP contribution in [0, 0.1) is 11.8 Å². The molecule has 0 aromatic heterocycles. The molecule has 2 unspecified atom stereocenters. The molecule has 2 heterocycles. The lowest BCUT2D eigenvalue weighted by atomic mass is 9.97. The topological polar surface area (TPSA) is 36.9 Å². The minimum Gasteiger partial charge on any atom is -0.376 e. The van der Waals surface area contributed by atoms with Crippen LogP contribution in [0.15, 0.2) is 4.99 Å². The Kier molecular flexibility index (Phi) is 6.14. The third-order valence-electron chi connectivity index (χ3n) is 4.19. The summed E-state index contributed by atoms with van der Waals surface area (Å²) in [7, 11) is 0. The van der Waals surface area contributed by atoms with Crippen LogP contribution in [0.2, 0.25) is 0 Å². The van der Waals surface area contributed by atoms with E-state index in [9.17, 15) is 0 Å². The minimum atomic E-state index is 0.345. The smallest absolute Gasteiger partial charge is 0.194 e. The summed E-state index contributed by atoms with van der Waals surface area (Å²) in [5.74, 6) is 2.72. The lowest BCUT2D eigenvalue weighted by Gasteiger charge is -2.22. The minimum absolute atomic E-state index is 0.345. The Balaban J connectivity index is 1.86. The molecule has 0 amide bonds. The van der Waals surface area contributed by atoms with E-state index in [0.29, 0.717) is 6.10 Å². The van der Waals surface area contributed by atoms with Crippen molar-refractivity contribution in [3.63, 3.8) is 0 Å². The van der Waals surface area contributed by atoms with Crippen molar-refractivity contribution in [2.24, 2.45) is 16.8 Å². The van der Waals surface area contributed by atoms with E-state index >= 15 is 0 Å². The van der Waals surface area contributed by atoms with Crippen LogP contribution >= 0.6 is 0 Å². The van der Waals surface area contributed by atoms with E-state index in [4.69, 9.17) is 9.73 Å². The zero-order valence-electron chi connectivity index (χ0n) is 13.4. The molecule has 2 aliphatic rings. The average Bonchev–Trinajstić information content (AvgIpc) is 3.05. The van der Waals surface area contributed by atoms with E-state index in [1.807, 2.05) is 0 Å². The van der Waals surface area contributed by atoms with Gasteiger partial charge in [-0.25, -0.2) is 0 Å². The SMILES string of the molecule is CCNC(=NCC1CCCO1)N1CCC(CC(C)C)C1. The molecular weight excluding hydrogens is 250 g/mol. The van der Waals surface area contributed by atoms with Gasteiger partial charge >= 0.3 is 0 Å². The van der Waals surface area contributed by atoms with Crippen molar-refractivity contribution in [1.82, 2.24) is 10.2 Å². The molecule has 0 saturated carbocycles. The van der Waals surface area contributed by atoms with Gasteiger partial charge in [-0.2, -0.15) is 0 Å². The van der Waals surface area contributed by atoms with Crippen LogP contribution in [0.25, 0.3) is 0 Å². The number of nitrogens with one attached hydrogen (secondary N) is 1. The van der Waals surface area contributed by atoms with Crippen LogP contribution in [0.3, 0.4) is 0 Å². The van der Waals surface area contributed by atoms with Crippen molar-refractivity contribution in [3.8, 4) is 0 Å². The molecule has 2 atom stereocenters. The lowest BCUT2D eigenvalue weighted by Crippen LogP contribution is -2.40. The van der Waals surface area contributed by atoms with Gasteiger partial charge in [-0.05, 0) is 44.4 Å². The Morgan fingerprint density at radius 2 is 2.25 bits per heavy atom. The third-order valence-corrected chi connectivity index (χ3v) is 4.19. The normalized spacial score (nSPS) is 27.6. The molecular formula is C16H31N3O. The fraction of sp³-hybridized carbons (Fsp3) is 0.938. The van der Waals surface area contributed by atoms with E-state index in [-0.39, 0.29) is 0 Å². The molecule has 0 aromatic carbocycles. The fourth-order valence-corrected chi connectivity index (χ4v) is 3.29. The Labute approximate surface area is 124 Å². The first-order chi connectivity index (χ1) is 9.69. The van der Waals surface area contributed by atoms with Crippen LogP contribution in [-0.2, 0) is 4.74 Å². The van der Waals surface area contributed by atoms with Crippen LogP contribution in [0.1, 0.15) is 46.5 Å². The second-order valence-electron chi connectivity index (χ2n) is 6.56. The molecule has 2 fully saturated rings. The van der Waals surface area contributed by atoms with E-state index in [2.05, 4.69) is 31.0 Å². The summed E-state index contributed by atoms with van der Waals surface area (Å²) >= 11 is 0. The van der Waals surface area contributed by atoms with Crippen LogP contribution < -0.4 is 5.32 Å². The fourth-order valence-electron chi connectivity index (χ4n) is 3.29. The monoisotopic (exact) mass is 281 g/mol. The number of aliphatic imine (C=N–C) groups is 1. The van der Waals surface area contributed by atoms with Gasteiger partial charge in [-0.1, -0.05) is 13.8 Å². The largest absolute Gasteiger partial charge is 0.376 e. The highest BCUT2D eigenvalue weighted by molar-refractivity contribution is 5.80. The number of likely N-dealkylation sites (tertiary alicyclic amines) is 1. The highest BCUT2D eigenvalue weighted by Gasteiger charge is 2.25. The summed E-state index contributed by atoms with van der Waals surface area (Å²) in [6, 6.07) is 0. The number of hydrogen-bond donors (Lipinski definition) is 1. The first-order valence-corrected chi connectivity index (χ1v) is 8.34. The standard InChI is InChI=1S/C16H31N3O/c1-4-17-16(18-11-15-6-5-9-20-15)19-8-7-14(12-19)10-13(2)3/h13-15H,4-12H2,1-3H3,(H,17,18). The van der Waals surface area contributed by atoms with Crippen molar-refractivity contribution in [2.75, 3.05) is 32.8 Å². The van der Waals surface area contributed by atoms with Crippen LogP contribution in [-0.4, -0.2) is 49.7 Å². The summed E-state index contributed by atoms with van der Waals surface area (Å²) < 4.78 is 5.66. The number of guanidine groups is 1. The Bertz CT molecular complexity index is 311. The summed E-state index contributed by atoms with van der Waals surface area (Å²) in [4.78, 5) is 7.23. The molecule has 0 radical (unpaired) electrons. The average molecular weight is 281 g/mol. The van der Waals surface area contributed by atoms with E-state index in [0.717, 1.165) is 50.6 Å². The van der Waals surface area contributed by atoms with Gasteiger partial charge < -0.3 is 15.0 Å². The summed E-state index contributed by atoms with van der Waals surface area (Å²) in [6.45, 7) is 11.8. The molecule has 2 rings (SSSR count). The second kappa shape index (κ2) is 7.87. The Hall–Kier alpha value is -0.770. The van der Waals surface area contributed by atoms with Crippen molar-refractivity contribution in [2.45, 2.75) is 52.6 Å². The molecule has 0 spiro atoms. The number of nitrogens with zero attached hydrogens (tertiary/aromatic N) is 2. The van der Waals surface area contributed by atoms with Gasteiger partial charge in [-0.3, -0.25) is 4.99 Å². The molecule has 4 nitrogen and oxygen atoms in total. The highest BCUT2D eigenvalue weighted by atomic mass is 16.5. The van der Waals surface area contributed by atoms with E-state index in [1.54, 1.807) is 0 Å². The molecule has 0 bridgehead atoms. The number of hydrogen-bond acceptors (Lipinski definition) is 2. The quantitative estimate of drug-likeness (QED) is 0.621. The molecule has 20 heavy (non-hydrogen) atoms. The number of rotatable bonds is 5. The van der Waals surface area contributed by atoms with E-state index in [1.165, 1.54) is 25.7 Å². The van der Waals surface area contributed by atoms with Gasteiger partial charge in [0.25, 0.3) is 0 Å². The highest BCUT2D eigenvalue weighted by Crippen LogP contribution is 2.23. The van der Waals surface area contributed by atoms with Gasteiger partial charge in [-0.15, -0.1) is 0 Å². The zero-order valence-corrected chi connectivity index (χ0v) is 13.4. The first-order valence-electron chi connectivity index (χ1n) is 8.34. The summed E-state index contributed by atoms with van der Waals surface area (Å²) in [5, 5.41) is 3.44. The molecule has 116 valence electrons. The van der Waals surface area contributed by atoms with Gasteiger partial charge in [0.15, 0.2) is 5.96 Å². The second-order valence-corrected chi connectivity index (χ2v) is 6.56. The molecule has 1 N–H and O–H groups in total. The Morgan fingerprint density at radius 3 is 2.90 bits per heavy atom. The third kappa shape index (κ3) is 4.65. The van der Waals surface area contributed by atoms with Crippen molar-refractivity contribution in [1.29, 1.82) is 0 Å². The van der Waals surface area contributed by atoms with E-state index < -0.39 is 0 Å². The maximum absolute atomic E-state index is 5.66. The molecule has 4 heteroatoms. The van der Waals surface area contributed by atoms with Crippen LogP contribution in [0.5, 0.6) is 0 Å². The van der Waals surface area contributed by atoms with Crippen molar-refractivity contribution >= 4 is 5.96 Å². The van der Waals surface area contributed by atoms with Crippen LogP contribution in [0.4, 0.5) is 0 Å². The van der Waals surface area contributed by atoms with Crippen molar-refractivity contribution in [3.05, 3.63) is 0 Å². The zero-order chi connectivity index (χ0) is 14.4. The molecule has 0 aromatic rings. The number of ether oxygens (including phenoxy) is 1. The van der Waals surface area contributed by atoms with Gasteiger partial charge in [0.2, 0.25) is 0 Å². The lowest BCUT2D eigenvalue weighted by molar-refractivity contribution is 0.117. The summed E-state index contributed by atoms with van der Waals surface area (Å²) in [6.07, 6.45) is 5.35. The van der Waals surface area contributed by atoms with Gasteiger partial charge in [0.05, 0.1) is 12.6 Å².